The first-order chi connectivity index (χ1) is 12.4. The van der Waals surface area contributed by atoms with E-state index in [9.17, 15) is 16.8 Å². The van der Waals surface area contributed by atoms with Gasteiger partial charge in [-0.3, -0.25) is 4.31 Å². The zero-order chi connectivity index (χ0) is 18.8. The van der Waals surface area contributed by atoms with E-state index in [1.54, 1.807) is 28.6 Å². The van der Waals surface area contributed by atoms with Crippen molar-refractivity contribution in [2.75, 3.05) is 23.1 Å². The van der Waals surface area contributed by atoms with E-state index in [2.05, 4.69) is 0 Å². The van der Waals surface area contributed by atoms with Crippen LogP contribution in [0.15, 0.2) is 29.2 Å². The molecule has 1 heterocycles. The van der Waals surface area contributed by atoms with E-state index >= 15 is 0 Å². The highest BCUT2D eigenvalue weighted by Gasteiger charge is 2.32. The van der Waals surface area contributed by atoms with Crippen molar-refractivity contribution in [2.24, 2.45) is 0 Å². The second-order valence-corrected chi connectivity index (χ2v) is 11.0. The molecule has 2 fully saturated rings. The van der Waals surface area contributed by atoms with Crippen LogP contribution < -0.4 is 4.31 Å². The van der Waals surface area contributed by atoms with Crippen molar-refractivity contribution in [3.05, 3.63) is 24.3 Å². The van der Waals surface area contributed by atoms with E-state index in [4.69, 9.17) is 0 Å². The van der Waals surface area contributed by atoms with Crippen LogP contribution in [0.4, 0.5) is 5.69 Å². The number of anilines is 1. The van der Waals surface area contributed by atoms with Crippen molar-refractivity contribution in [3.63, 3.8) is 0 Å². The van der Waals surface area contributed by atoms with Gasteiger partial charge in [-0.2, -0.15) is 4.31 Å². The van der Waals surface area contributed by atoms with Gasteiger partial charge in [-0.25, -0.2) is 16.8 Å². The molecule has 0 radical (unpaired) electrons. The molecule has 26 heavy (non-hydrogen) atoms. The van der Waals surface area contributed by atoms with Crippen LogP contribution in [0.2, 0.25) is 0 Å². The molecule has 0 bridgehead atoms. The second-order valence-electron chi connectivity index (χ2n) is 7.09. The number of nitrogens with zero attached hydrogens (tertiary/aromatic N) is 2. The Morgan fingerprint density at radius 3 is 2.27 bits per heavy atom. The molecule has 1 aliphatic carbocycles. The Morgan fingerprint density at radius 2 is 1.69 bits per heavy atom. The molecule has 1 aliphatic heterocycles. The Bertz CT molecular complexity index is 813. The molecule has 1 saturated heterocycles. The maximum Gasteiger partial charge on any atom is 0.243 e. The first-order valence-corrected chi connectivity index (χ1v) is 12.5. The Balaban J connectivity index is 1.84. The molecule has 0 N–H and O–H groups in total. The van der Waals surface area contributed by atoms with Crippen LogP contribution in [-0.2, 0) is 20.0 Å². The minimum absolute atomic E-state index is 0.0703. The Hall–Kier alpha value is -1.12. The molecule has 0 aromatic heterocycles. The summed E-state index contributed by atoms with van der Waals surface area (Å²) >= 11 is 0. The number of benzene rings is 1. The van der Waals surface area contributed by atoms with Crippen LogP contribution in [0.25, 0.3) is 0 Å². The lowest BCUT2D eigenvalue weighted by atomic mass is 9.95. The lowest BCUT2D eigenvalue weighted by Crippen LogP contribution is -2.41. The summed E-state index contributed by atoms with van der Waals surface area (Å²) in [6, 6.07) is 6.39. The summed E-state index contributed by atoms with van der Waals surface area (Å²) in [5.74, 6) is 0.151. The lowest BCUT2D eigenvalue weighted by Gasteiger charge is -2.33. The van der Waals surface area contributed by atoms with Gasteiger partial charge in [-0.05, 0) is 49.9 Å². The smallest absolute Gasteiger partial charge is 0.243 e. The molecular formula is C18H28N2O4S2. The van der Waals surface area contributed by atoms with E-state index in [0.29, 0.717) is 25.2 Å². The zero-order valence-corrected chi connectivity index (χ0v) is 16.9. The maximum absolute atomic E-state index is 13.1. The molecule has 1 aromatic rings. The van der Waals surface area contributed by atoms with Crippen LogP contribution in [-0.4, -0.2) is 46.0 Å². The van der Waals surface area contributed by atoms with Crippen molar-refractivity contribution in [1.29, 1.82) is 0 Å². The van der Waals surface area contributed by atoms with Gasteiger partial charge < -0.3 is 0 Å². The normalized spacial score (nSPS) is 21.8. The minimum Gasteiger partial charge on any atom is -0.270 e. The zero-order valence-electron chi connectivity index (χ0n) is 15.3. The molecule has 0 amide bonds. The Morgan fingerprint density at radius 1 is 1.04 bits per heavy atom. The SMILES string of the molecule is CCN(C1CCCCC1)S(=O)(=O)c1ccc(N2CCCCS2(=O)=O)cc1. The predicted molar refractivity (Wildman–Crippen MR) is 103 cm³/mol. The van der Waals surface area contributed by atoms with Gasteiger partial charge in [0.2, 0.25) is 20.0 Å². The van der Waals surface area contributed by atoms with Crippen molar-refractivity contribution in [1.82, 2.24) is 4.31 Å². The van der Waals surface area contributed by atoms with Gasteiger partial charge in [0, 0.05) is 19.1 Å². The number of hydrogen-bond acceptors (Lipinski definition) is 4. The van der Waals surface area contributed by atoms with Crippen molar-refractivity contribution in [3.8, 4) is 0 Å². The highest BCUT2D eigenvalue weighted by molar-refractivity contribution is 7.92. The van der Waals surface area contributed by atoms with Crippen LogP contribution in [0.5, 0.6) is 0 Å². The van der Waals surface area contributed by atoms with Gasteiger partial charge in [0.25, 0.3) is 0 Å². The molecular weight excluding hydrogens is 372 g/mol. The monoisotopic (exact) mass is 400 g/mol. The van der Waals surface area contributed by atoms with Gasteiger partial charge in [-0.15, -0.1) is 0 Å². The second kappa shape index (κ2) is 7.86. The highest BCUT2D eigenvalue weighted by atomic mass is 32.2. The van der Waals surface area contributed by atoms with Crippen LogP contribution in [0.3, 0.4) is 0 Å². The third-order valence-electron chi connectivity index (χ3n) is 5.37. The maximum atomic E-state index is 13.1. The first-order valence-electron chi connectivity index (χ1n) is 9.48. The summed E-state index contributed by atoms with van der Waals surface area (Å²) in [7, 11) is -6.85. The average molecular weight is 401 g/mol. The molecule has 1 saturated carbocycles. The van der Waals surface area contributed by atoms with E-state index < -0.39 is 20.0 Å². The fourth-order valence-electron chi connectivity index (χ4n) is 3.99. The quantitative estimate of drug-likeness (QED) is 0.761. The third kappa shape index (κ3) is 3.92. The molecule has 0 spiro atoms. The third-order valence-corrected chi connectivity index (χ3v) is 9.29. The Labute approximate surface area is 157 Å². The van der Waals surface area contributed by atoms with E-state index in [1.807, 2.05) is 6.92 Å². The van der Waals surface area contributed by atoms with Gasteiger partial charge in [-0.1, -0.05) is 26.2 Å². The van der Waals surface area contributed by atoms with Crippen LogP contribution in [0, 0.1) is 0 Å². The summed E-state index contributed by atoms with van der Waals surface area (Å²) < 4.78 is 53.6. The summed E-state index contributed by atoms with van der Waals surface area (Å²) in [4.78, 5) is 0.239. The summed E-state index contributed by atoms with van der Waals surface area (Å²) in [6.07, 6.45) is 6.65. The first kappa shape index (κ1) is 19.6. The molecule has 2 aliphatic rings. The highest BCUT2D eigenvalue weighted by Crippen LogP contribution is 2.29. The van der Waals surface area contributed by atoms with Gasteiger partial charge in [0.1, 0.15) is 0 Å². The van der Waals surface area contributed by atoms with Crippen LogP contribution in [0.1, 0.15) is 51.9 Å². The van der Waals surface area contributed by atoms with Crippen molar-refractivity contribution in [2.45, 2.75) is 62.8 Å². The standard InChI is InChI=1S/C18H28N2O4S2/c1-2-19(16-8-4-3-5-9-16)26(23,24)18-12-10-17(11-13-18)20-14-6-7-15-25(20,21)22/h10-13,16H,2-9,14-15H2,1H3. The average Bonchev–Trinajstić information content (AvgIpc) is 2.63. The molecule has 6 nitrogen and oxygen atoms in total. The number of hydrogen-bond donors (Lipinski definition) is 0. The fraction of sp³-hybridized carbons (Fsp3) is 0.667. The minimum atomic E-state index is -3.56. The molecule has 0 unspecified atom stereocenters. The topological polar surface area (TPSA) is 74.8 Å². The largest absolute Gasteiger partial charge is 0.270 e. The van der Waals surface area contributed by atoms with Crippen molar-refractivity contribution >= 4 is 25.7 Å². The molecule has 1 aromatic carbocycles. The summed E-state index contributed by atoms with van der Waals surface area (Å²) in [5, 5.41) is 0. The predicted octanol–water partition coefficient (Wildman–Crippen LogP) is 2.96. The summed E-state index contributed by atoms with van der Waals surface area (Å²) in [5.41, 5.74) is 0.546. The lowest BCUT2D eigenvalue weighted by molar-refractivity contribution is 0.261. The molecule has 3 rings (SSSR count). The van der Waals surface area contributed by atoms with Crippen LogP contribution >= 0.6 is 0 Å². The Kier molecular flexibility index (Phi) is 5.94. The fourth-order valence-corrected chi connectivity index (χ4v) is 7.33. The molecule has 146 valence electrons. The van der Waals surface area contributed by atoms with E-state index in [0.717, 1.165) is 32.1 Å². The molecule has 8 heteroatoms. The van der Waals surface area contributed by atoms with Gasteiger partial charge >= 0.3 is 0 Å². The van der Waals surface area contributed by atoms with Crippen molar-refractivity contribution < 1.29 is 16.8 Å². The van der Waals surface area contributed by atoms with Gasteiger partial charge in [0.05, 0.1) is 16.3 Å². The number of sulfonamides is 2. The number of rotatable bonds is 5. The molecule has 0 atom stereocenters. The van der Waals surface area contributed by atoms with E-state index in [1.165, 1.54) is 10.7 Å². The van der Waals surface area contributed by atoms with Gasteiger partial charge in [0.15, 0.2) is 0 Å². The summed E-state index contributed by atoms with van der Waals surface area (Å²) in [6.45, 7) is 2.79. The van der Waals surface area contributed by atoms with E-state index in [-0.39, 0.29) is 16.7 Å².